The Balaban J connectivity index is 1.97. The maximum Gasteiger partial charge on any atom is 0.194 e. The highest BCUT2D eigenvalue weighted by atomic mass is 16.4. The average Bonchev–Trinajstić information content (AvgIpc) is 2.53. The van der Waals surface area contributed by atoms with Crippen LogP contribution in [0.1, 0.15) is 53.3 Å². The molecule has 1 fully saturated rings. The molecule has 0 aromatic heterocycles. The van der Waals surface area contributed by atoms with E-state index in [4.69, 9.17) is 0 Å². The third-order valence-corrected chi connectivity index (χ3v) is 5.76. The van der Waals surface area contributed by atoms with Crippen molar-refractivity contribution < 1.29 is 34.8 Å². The summed E-state index contributed by atoms with van der Waals surface area (Å²) in [7, 11) is 0. The molecule has 0 aliphatic heterocycles. The first-order valence-electron chi connectivity index (χ1n) is 8.37. The maximum atomic E-state index is 13.1. The Morgan fingerprint density at radius 1 is 1.04 bits per heavy atom. The fraction of sp³-hybridized carbons (Fsp3) is 0.421. The molecular weight excluding hydrogens is 340 g/mol. The van der Waals surface area contributed by atoms with E-state index in [1.165, 1.54) is 25.1 Å². The third-order valence-electron chi connectivity index (χ3n) is 5.76. The Bertz CT molecular complexity index is 926. The summed E-state index contributed by atoms with van der Waals surface area (Å²) in [6.07, 6.45) is -0.952. The third kappa shape index (κ3) is 1.90. The molecule has 3 atom stereocenters. The zero-order chi connectivity index (χ0) is 19.1. The van der Waals surface area contributed by atoms with Gasteiger partial charge in [0.1, 0.15) is 11.4 Å². The van der Waals surface area contributed by atoms with E-state index in [0.29, 0.717) is 0 Å². The van der Waals surface area contributed by atoms with Crippen LogP contribution in [0.4, 0.5) is 0 Å². The average molecular weight is 358 g/mol. The minimum atomic E-state index is -2.56. The van der Waals surface area contributed by atoms with Crippen LogP contribution in [0, 0.1) is 0 Å². The van der Waals surface area contributed by atoms with Crippen molar-refractivity contribution in [2.75, 3.05) is 0 Å². The fourth-order valence-corrected chi connectivity index (χ4v) is 4.65. The molecule has 7 heteroatoms. The van der Waals surface area contributed by atoms with Gasteiger partial charge in [0, 0.05) is 29.6 Å². The Hall–Kier alpha value is -2.35. The number of hydrogen-bond acceptors (Lipinski definition) is 7. The Morgan fingerprint density at radius 2 is 1.73 bits per heavy atom. The SMILES string of the molecule is C[C@]1(O)CC(=O)[C@]2(O)C3=C(CC[C@]2(O)C1)C(=O)c1c(O)cccc1C3=O. The molecule has 26 heavy (non-hydrogen) atoms. The van der Waals surface area contributed by atoms with Gasteiger partial charge < -0.3 is 20.4 Å². The number of hydrogen-bond donors (Lipinski definition) is 4. The number of carbonyl (C=O) groups excluding carboxylic acids is 3. The van der Waals surface area contributed by atoms with Gasteiger partial charge in [-0.2, -0.15) is 0 Å². The largest absolute Gasteiger partial charge is 0.507 e. The molecule has 3 aliphatic rings. The zero-order valence-electron chi connectivity index (χ0n) is 14.1. The molecule has 0 saturated heterocycles. The summed E-state index contributed by atoms with van der Waals surface area (Å²) in [6.45, 7) is 1.38. The highest BCUT2D eigenvalue weighted by molar-refractivity contribution is 6.30. The molecule has 0 spiro atoms. The van der Waals surface area contributed by atoms with Gasteiger partial charge in [-0.05, 0) is 25.8 Å². The number of aromatic hydroxyl groups is 1. The summed E-state index contributed by atoms with van der Waals surface area (Å²) >= 11 is 0. The standard InChI is InChI=1S/C19H18O7/c1-17(24)7-12(21)19(26)14-10(5-6-18(19,25)8-17)15(22)13-9(16(14)23)3-2-4-11(13)20/h2-4,20,24-26H,5-8H2,1H3/t17-,18-,19-/m0/s1. The van der Waals surface area contributed by atoms with E-state index in [1.807, 2.05) is 0 Å². The number of phenolic OH excluding ortho intramolecular Hbond substituents is 1. The number of fused-ring (bicyclic) bond motifs is 3. The second-order valence-corrected chi connectivity index (χ2v) is 7.73. The van der Waals surface area contributed by atoms with E-state index in [0.717, 1.165) is 0 Å². The minimum Gasteiger partial charge on any atom is -0.507 e. The maximum absolute atomic E-state index is 13.1. The monoisotopic (exact) mass is 358 g/mol. The van der Waals surface area contributed by atoms with Gasteiger partial charge in [0.15, 0.2) is 23.0 Å². The van der Waals surface area contributed by atoms with Crippen molar-refractivity contribution in [3.8, 4) is 5.75 Å². The second-order valence-electron chi connectivity index (χ2n) is 7.73. The fourth-order valence-electron chi connectivity index (χ4n) is 4.65. The van der Waals surface area contributed by atoms with E-state index >= 15 is 0 Å². The first-order chi connectivity index (χ1) is 12.0. The molecule has 4 N–H and O–H groups in total. The summed E-state index contributed by atoms with van der Waals surface area (Å²) in [5.74, 6) is -2.64. The van der Waals surface area contributed by atoms with E-state index in [9.17, 15) is 34.8 Å². The van der Waals surface area contributed by atoms with E-state index in [1.54, 1.807) is 0 Å². The van der Waals surface area contributed by atoms with Crippen LogP contribution in [-0.4, -0.2) is 54.6 Å². The van der Waals surface area contributed by atoms with Crippen LogP contribution in [0.2, 0.25) is 0 Å². The quantitative estimate of drug-likeness (QED) is 0.529. The molecule has 0 amide bonds. The molecule has 4 rings (SSSR count). The minimum absolute atomic E-state index is 0.0458. The van der Waals surface area contributed by atoms with E-state index in [-0.39, 0.29) is 41.7 Å². The number of benzene rings is 1. The van der Waals surface area contributed by atoms with Crippen LogP contribution in [0.15, 0.2) is 29.3 Å². The molecule has 136 valence electrons. The van der Waals surface area contributed by atoms with Gasteiger partial charge in [-0.25, -0.2) is 0 Å². The van der Waals surface area contributed by atoms with E-state index in [2.05, 4.69) is 0 Å². The van der Waals surface area contributed by atoms with Gasteiger partial charge in [0.2, 0.25) is 0 Å². The summed E-state index contributed by atoms with van der Waals surface area (Å²) in [5.41, 5.74) is -6.88. The number of ketones is 3. The van der Waals surface area contributed by atoms with Crippen LogP contribution in [-0.2, 0) is 4.79 Å². The lowest BCUT2D eigenvalue weighted by Gasteiger charge is -2.53. The van der Waals surface area contributed by atoms with Crippen molar-refractivity contribution in [3.05, 3.63) is 40.5 Å². The highest BCUT2D eigenvalue weighted by Gasteiger charge is 2.67. The number of phenols is 1. The lowest BCUT2D eigenvalue weighted by Crippen LogP contribution is -2.70. The van der Waals surface area contributed by atoms with Crippen LogP contribution in [0.3, 0.4) is 0 Å². The van der Waals surface area contributed by atoms with Crippen molar-refractivity contribution in [2.24, 2.45) is 0 Å². The van der Waals surface area contributed by atoms with Crippen molar-refractivity contribution in [2.45, 2.75) is 49.4 Å². The number of allylic oxidation sites excluding steroid dienone is 1. The molecule has 1 aromatic rings. The summed E-state index contributed by atoms with van der Waals surface area (Å²) in [5, 5.41) is 42.5. The number of aliphatic hydroxyl groups is 3. The smallest absolute Gasteiger partial charge is 0.194 e. The normalized spacial score (nSPS) is 36.5. The number of carbonyl (C=O) groups is 3. The molecule has 1 saturated carbocycles. The Kier molecular flexibility index (Phi) is 3.21. The molecular formula is C19H18O7. The van der Waals surface area contributed by atoms with Crippen molar-refractivity contribution in [1.29, 1.82) is 0 Å². The molecule has 7 nitrogen and oxygen atoms in total. The van der Waals surface area contributed by atoms with Crippen LogP contribution >= 0.6 is 0 Å². The molecule has 0 unspecified atom stereocenters. The van der Waals surface area contributed by atoms with Crippen molar-refractivity contribution in [3.63, 3.8) is 0 Å². The summed E-state index contributed by atoms with van der Waals surface area (Å²) in [6, 6.07) is 4.00. The van der Waals surface area contributed by atoms with Crippen LogP contribution < -0.4 is 0 Å². The first-order valence-corrected chi connectivity index (χ1v) is 8.37. The van der Waals surface area contributed by atoms with Gasteiger partial charge in [0.05, 0.1) is 11.2 Å². The number of Topliss-reactive ketones (excluding diaryl/α,β-unsaturated/α-hetero) is 3. The molecule has 0 bridgehead atoms. The van der Waals surface area contributed by atoms with Gasteiger partial charge in [-0.1, -0.05) is 12.1 Å². The van der Waals surface area contributed by atoms with E-state index < -0.39 is 46.1 Å². The van der Waals surface area contributed by atoms with Gasteiger partial charge in [-0.15, -0.1) is 0 Å². The van der Waals surface area contributed by atoms with Crippen LogP contribution in [0.25, 0.3) is 0 Å². The molecule has 0 heterocycles. The Labute approximate surface area is 148 Å². The van der Waals surface area contributed by atoms with Crippen LogP contribution in [0.5, 0.6) is 5.75 Å². The predicted molar refractivity (Wildman–Crippen MR) is 87.8 cm³/mol. The molecule has 3 aliphatic carbocycles. The molecule has 1 aromatic carbocycles. The second kappa shape index (κ2) is 4.88. The first kappa shape index (κ1) is 17.1. The van der Waals surface area contributed by atoms with Gasteiger partial charge in [-0.3, -0.25) is 14.4 Å². The van der Waals surface area contributed by atoms with Crippen molar-refractivity contribution in [1.82, 2.24) is 0 Å². The lowest BCUT2D eigenvalue weighted by molar-refractivity contribution is -0.201. The van der Waals surface area contributed by atoms with Gasteiger partial charge >= 0.3 is 0 Å². The number of rotatable bonds is 0. The highest BCUT2D eigenvalue weighted by Crippen LogP contribution is 2.53. The summed E-state index contributed by atoms with van der Waals surface area (Å²) < 4.78 is 0. The Morgan fingerprint density at radius 3 is 2.42 bits per heavy atom. The van der Waals surface area contributed by atoms with Gasteiger partial charge in [0.25, 0.3) is 0 Å². The lowest BCUT2D eigenvalue weighted by atomic mass is 9.55. The summed E-state index contributed by atoms with van der Waals surface area (Å²) in [4.78, 5) is 38.6. The predicted octanol–water partition coefficient (Wildman–Crippen LogP) is 0.438. The molecule has 0 radical (unpaired) electrons. The zero-order valence-corrected chi connectivity index (χ0v) is 14.1. The topological polar surface area (TPSA) is 132 Å². The van der Waals surface area contributed by atoms with Crippen molar-refractivity contribution >= 4 is 17.3 Å².